The van der Waals surface area contributed by atoms with Gasteiger partial charge in [-0.2, -0.15) is 0 Å². The number of piperidine rings is 1. The van der Waals surface area contributed by atoms with Gasteiger partial charge in [0.2, 0.25) is 0 Å². The fraction of sp³-hybridized carbons (Fsp3) is 0.467. The van der Waals surface area contributed by atoms with Gasteiger partial charge in [-0.15, -0.1) is 0 Å². The molecule has 1 aliphatic rings. The number of carbonyl (C=O) groups is 1. The number of hydrogen-bond acceptors (Lipinski definition) is 4. The number of nitrogens with zero attached hydrogens (tertiary/aromatic N) is 2. The summed E-state index contributed by atoms with van der Waals surface area (Å²) >= 11 is 11.7. The van der Waals surface area contributed by atoms with E-state index in [-0.39, 0.29) is 5.92 Å². The molecule has 1 aromatic rings. The van der Waals surface area contributed by atoms with Crippen molar-refractivity contribution < 1.29 is 9.63 Å². The highest BCUT2D eigenvalue weighted by Gasteiger charge is 2.26. The summed E-state index contributed by atoms with van der Waals surface area (Å²) in [5.41, 5.74) is 1.25. The largest absolute Gasteiger partial charge is 0.365 e. The Morgan fingerprint density at radius 3 is 2.71 bits per heavy atom. The molecule has 4 nitrogen and oxygen atoms in total. The molecule has 0 bridgehead atoms. The first-order valence-corrected chi connectivity index (χ1v) is 7.57. The van der Waals surface area contributed by atoms with Crippen LogP contribution in [0.25, 0.3) is 0 Å². The molecule has 0 unspecified atom stereocenters. The Morgan fingerprint density at radius 2 is 2.05 bits per heavy atom. The van der Waals surface area contributed by atoms with Gasteiger partial charge in [0.1, 0.15) is 0 Å². The van der Waals surface area contributed by atoms with Crippen molar-refractivity contribution in [2.75, 3.05) is 13.6 Å². The third-order valence-electron chi connectivity index (χ3n) is 3.79. The zero-order chi connectivity index (χ0) is 15.6. The van der Waals surface area contributed by atoms with Gasteiger partial charge in [-0.1, -0.05) is 35.3 Å². The van der Waals surface area contributed by atoms with E-state index < -0.39 is 5.97 Å². The quantitative estimate of drug-likeness (QED) is 0.611. The minimum Gasteiger partial charge on any atom is -0.313 e. The molecule has 0 spiro atoms. The molecule has 1 saturated heterocycles. The molecule has 1 aliphatic heterocycles. The molecule has 0 aliphatic carbocycles. The minimum atomic E-state index is -0.528. The van der Waals surface area contributed by atoms with Gasteiger partial charge in [0.05, 0.1) is 21.3 Å². The second-order valence-electron chi connectivity index (χ2n) is 5.48. The van der Waals surface area contributed by atoms with Crippen molar-refractivity contribution in [1.82, 2.24) is 4.90 Å². The van der Waals surface area contributed by atoms with Crippen LogP contribution in [-0.2, 0) is 4.84 Å². The average Bonchev–Trinajstić information content (AvgIpc) is 2.44. The summed E-state index contributed by atoms with van der Waals surface area (Å²) in [7, 11) is 2.08. The first kappa shape index (κ1) is 16.3. The maximum Gasteiger partial charge on any atom is 0.365 e. The number of oxime groups is 1. The van der Waals surface area contributed by atoms with E-state index in [0.29, 0.717) is 21.7 Å². The number of halogens is 2. The van der Waals surface area contributed by atoms with Crippen LogP contribution in [0.15, 0.2) is 23.4 Å². The smallest absolute Gasteiger partial charge is 0.313 e. The minimum absolute atomic E-state index is 0.271. The second-order valence-corrected chi connectivity index (χ2v) is 6.30. The monoisotopic (exact) mass is 328 g/mol. The van der Waals surface area contributed by atoms with Crippen LogP contribution in [0.4, 0.5) is 0 Å². The van der Waals surface area contributed by atoms with Gasteiger partial charge in [0.15, 0.2) is 0 Å². The highest BCUT2D eigenvalue weighted by molar-refractivity contribution is 6.42. The fourth-order valence-corrected chi connectivity index (χ4v) is 2.58. The van der Waals surface area contributed by atoms with Crippen molar-refractivity contribution in [3.63, 3.8) is 0 Å². The van der Waals surface area contributed by atoms with E-state index >= 15 is 0 Å². The molecule has 0 radical (unpaired) electrons. The zero-order valence-corrected chi connectivity index (χ0v) is 13.8. The van der Waals surface area contributed by atoms with Crippen molar-refractivity contribution in [3.8, 4) is 0 Å². The predicted octanol–water partition coefficient (Wildman–Crippen LogP) is 3.87. The molecule has 2 atom stereocenters. The molecule has 0 amide bonds. The summed E-state index contributed by atoms with van der Waals surface area (Å²) in [6.07, 6.45) is 0.798. The Labute approximate surface area is 134 Å². The highest BCUT2D eigenvalue weighted by Crippen LogP contribution is 2.23. The lowest BCUT2D eigenvalue weighted by molar-refractivity contribution is 0.0508. The van der Waals surface area contributed by atoms with Crippen LogP contribution >= 0.6 is 23.2 Å². The first-order valence-electron chi connectivity index (χ1n) is 6.82. The molecule has 2 rings (SSSR count). The molecule has 1 fully saturated rings. The molecular weight excluding hydrogens is 311 g/mol. The van der Waals surface area contributed by atoms with E-state index in [1.807, 2.05) is 0 Å². The van der Waals surface area contributed by atoms with E-state index in [2.05, 4.69) is 31.0 Å². The molecule has 21 heavy (non-hydrogen) atoms. The third-order valence-corrected chi connectivity index (χ3v) is 4.53. The summed E-state index contributed by atoms with van der Waals surface area (Å²) in [6, 6.07) is 5.00. The van der Waals surface area contributed by atoms with E-state index in [4.69, 9.17) is 28.0 Å². The van der Waals surface area contributed by atoms with Gasteiger partial charge in [0, 0.05) is 24.9 Å². The lowest BCUT2D eigenvalue weighted by Gasteiger charge is -2.34. The normalized spacial score (nSPS) is 25.1. The van der Waals surface area contributed by atoms with Crippen LogP contribution < -0.4 is 0 Å². The molecule has 0 aromatic heterocycles. The molecule has 114 valence electrons. The third kappa shape index (κ3) is 3.96. The number of hydrogen-bond donors (Lipinski definition) is 0. The second kappa shape index (κ2) is 6.77. The number of likely N-dealkylation sites (tertiary alicyclic amines) is 1. The van der Waals surface area contributed by atoms with Gasteiger partial charge >= 0.3 is 5.97 Å². The molecule has 0 N–H and O–H groups in total. The Hall–Kier alpha value is -1.10. The van der Waals surface area contributed by atoms with Crippen LogP contribution in [0.5, 0.6) is 0 Å². The van der Waals surface area contributed by atoms with Crippen LogP contribution in [0.1, 0.15) is 30.6 Å². The molecule has 6 heteroatoms. The van der Waals surface area contributed by atoms with Gasteiger partial charge in [-0.05, 0) is 32.2 Å². The van der Waals surface area contributed by atoms with Gasteiger partial charge < -0.3 is 9.74 Å². The number of benzene rings is 1. The Balaban J connectivity index is 2.05. The van der Waals surface area contributed by atoms with Gasteiger partial charge in [-0.3, -0.25) is 0 Å². The first-order chi connectivity index (χ1) is 9.88. The molecule has 1 heterocycles. The lowest BCUT2D eigenvalue weighted by Crippen LogP contribution is -2.43. The lowest BCUT2D eigenvalue weighted by atomic mass is 9.93. The molecule has 1 aromatic carbocycles. The van der Waals surface area contributed by atoms with Crippen LogP contribution in [0, 0.1) is 5.92 Å². The molecule has 0 saturated carbocycles. The molecular formula is C15H18Cl2N2O2. The summed E-state index contributed by atoms with van der Waals surface area (Å²) in [5, 5.41) is 4.76. The Bertz CT molecular complexity index is 575. The average molecular weight is 329 g/mol. The fourth-order valence-electron chi connectivity index (χ4n) is 2.28. The highest BCUT2D eigenvalue weighted by atomic mass is 35.5. The van der Waals surface area contributed by atoms with E-state index in [1.54, 1.807) is 12.1 Å². The van der Waals surface area contributed by atoms with Crippen molar-refractivity contribution in [2.24, 2.45) is 11.1 Å². The SMILES string of the molecule is C[C@@H]1CN(C)[C@@H](C)CC1=NOC(=O)c1ccc(Cl)c(Cl)c1. The summed E-state index contributed by atoms with van der Waals surface area (Å²) in [4.78, 5) is 19.3. The van der Waals surface area contributed by atoms with E-state index in [0.717, 1.165) is 18.7 Å². The topological polar surface area (TPSA) is 41.9 Å². The maximum absolute atomic E-state index is 12.0. The van der Waals surface area contributed by atoms with E-state index in [9.17, 15) is 4.79 Å². The maximum atomic E-state index is 12.0. The van der Waals surface area contributed by atoms with Crippen molar-refractivity contribution in [1.29, 1.82) is 0 Å². The standard InChI is InChI=1S/C15H18Cl2N2O2/c1-9-8-19(3)10(2)6-14(9)18-21-15(20)11-4-5-12(16)13(17)7-11/h4-5,7,9-10H,6,8H2,1-3H3/t9-,10+/m1/s1. The van der Waals surface area contributed by atoms with Crippen molar-refractivity contribution >= 4 is 34.9 Å². The van der Waals surface area contributed by atoms with Gasteiger partial charge in [0.25, 0.3) is 0 Å². The number of rotatable bonds is 2. The summed E-state index contributed by atoms with van der Waals surface area (Å²) < 4.78 is 0. The Morgan fingerprint density at radius 1 is 1.33 bits per heavy atom. The Kier molecular flexibility index (Phi) is 5.25. The van der Waals surface area contributed by atoms with Crippen molar-refractivity contribution in [3.05, 3.63) is 33.8 Å². The van der Waals surface area contributed by atoms with E-state index in [1.165, 1.54) is 6.07 Å². The summed E-state index contributed by atoms with van der Waals surface area (Å²) in [6.45, 7) is 5.11. The predicted molar refractivity (Wildman–Crippen MR) is 85.2 cm³/mol. The van der Waals surface area contributed by atoms with Crippen LogP contribution in [0.3, 0.4) is 0 Å². The zero-order valence-electron chi connectivity index (χ0n) is 12.3. The van der Waals surface area contributed by atoms with Crippen molar-refractivity contribution in [2.45, 2.75) is 26.3 Å². The van der Waals surface area contributed by atoms with Crippen LogP contribution in [0.2, 0.25) is 10.0 Å². The van der Waals surface area contributed by atoms with Crippen LogP contribution in [-0.4, -0.2) is 36.2 Å². The number of carbonyl (C=O) groups excluding carboxylic acids is 1. The summed E-state index contributed by atoms with van der Waals surface area (Å²) in [5.74, 6) is -0.257. The van der Waals surface area contributed by atoms with Gasteiger partial charge in [-0.25, -0.2) is 4.79 Å².